The Hall–Kier alpha value is -3.93. The number of carbonyl (C=O) groups is 3. The van der Waals surface area contributed by atoms with Gasteiger partial charge in [0.15, 0.2) is 0 Å². The monoisotopic (exact) mass is 526 g/mol. The summed E-state index contributed by atoms with van der Waals surface area (Å²) in [6.07, 6.45) is 2.50. The molecule has 3 amide bonds. The molecule has 0 spiro atoms. The molecule has 0 aliphatic heterocycles. The van der Waals surface area contributed by atoms with Crippen molar-refractivity contribution in [2.24, 2.45) is 5.92 Å². The van der Waals surface area contributed by atoms with Crippen LogP contribution in [0.25, 0.3) is 0 Å². The fourth-order valence-electron chi connectivity index (χ4n) is 4.70. The minimum absolute atomic E-state index is 0.0811. The minimum atomic E-state index is -0.567. The van der Waals surface area contributed by atoms with Gasteiger partial charge in [-0.05, 0) is 68.0 Å². The second kappa shape index (κ2) is 14.9. The van der Waals surface area contributed by atoms with E-state index in [9.17, 15) is 14.4 Å². The van der Waals surface area contributed by atoms with Crippen LogP contribution in [0.15, 0.2) is 78.9 Å². The first-order chi connectivity index (χ1) is 18.9. The van der Waals surface area contributed by atoms with Crippen molar-refractivity contribution >= 4 is 23.4 Å². The van der Waals surface area contributed by atoms with Crippen molar-refractivity contribution in [3.05, 3.63) is 108 Å². The maximum Gasteiger partial charge on any atom is 0.253 e. The highest BCUT2D eigenvalue weighted by Crippen LogP contribution is 2.20. The fourth-order valence-corrected chi connectivity index (χ4v) is 4.70. The summed E-state index contributed by atoms with van der Waals surface area (Å²) in [5, 5.41) is 6.12. The first-order valence-corrected chi connectivity index (χ1v) is 13.8. The third-order valence-corrected chi connectivity index (χ3v) is 6.80. The number of amides is 3. The van der Waals surface area contributed by atoms with E-state index in [0.717, 1.165) is 29.7 Å². The molecular weight excluding hydrogens is 486 g/mol. The van der Waals surface area contributed by atoms with Crippen molar-refractivity contribution < 1.29 is 14.4 Å². The Morgan fingerprint density at radius 1 is 0.846 bits per heavy atom. The molecule has 0 saturated heterocycles. The predicted octanol–water partition coefficient (Wildman–Crippen LogP) is 6.08. The van der Waals surface area contributed by atoms with Crippen molar-refractivity contribution in [3.63, 3.8) is 0 Å². The Morgan fingerprint density at radius 3 is 2.13 bits per heavy atom. The van der Waals surface area contributed by atoms with Gasteiger partial charge in [0, 0.05) is 35.9 Å². The van der Waals surface area contributed by atoms with Crippen LogP contribution >= 0.6 is 0 Å². The summed E-state index contributed by atoms with van der Waals surface area (Å²) >= 11 is 0. The quantitative estimate of drug-likeness (QED) is 0.283. The van der Waals surface area contributed by atoms with Crippen LogP contribution in [0.4, 0.5) is 5.69 Å². The van der Waals surface area contributed by atoms with Gasteiger partial charge < -0.3 is 15.5 Å². The number of anilines is 1. The smallest absolute Gasteiger partial charge is 0.253 e. The Labute approximate surface area is 232 Å². The molecule has 0 aliphatic carbocycles. The van der Waals surface area contributed by atoms with E-state index in [1.54, 1.807) is 24.3 Å². The molecule has 6 nitrogen and oxygen atoms in total. The molecule has 3 aromatic rings. The molecule has 3 aromatic carbocycles. The van der Waals surface area contributed by atoms with Gasteiger partial charge in [0.1, 0.15) is 0 Å². The zero-order chi connectivity index (χ0) is 28.2. The standard InChI is InChI=1S/C33H40N3O3/c1-5-20-36(21-6-2)33(39)27-18-13-17-26(23-27)31(37)35-30(22-25-15-9-8-10-16-25)28(7-3)32(38)34-29-19-12-11-14-24(29)4/h8-19,23,28,30H,3,5-7,20-22H2,1-2,4H3,(H,34,38)(H,35,37)/t28-,30-/m1/s1. The lowest BCUT2D eigenvalue weighted by Crippen LogP contribution is -2.46. The number of hydrogen-bond acceptors (Lipinski definition) is 3. The van der Waals surface area contributed by atoms with Crippen LogP contribution in [0.3, 0.4) is 0 Å². The van der Waals surface area contributed by atoms with Crippen molar-refractivity contribution in [3.8, 4) is 0 Å². The number of benzene rings is 3. The molecule has 205 valence electrons. The molecule has 0 heterocycles. The number of hydrogen-bond donors (Lipinski definition) is 2. The van der Waals surface area contributed by atoms with Gasteiger partial charge >= 0.3 is 0 Å². The van der Waals surface area contributed by atoms with E-state index < -0.39 is 12.0 Å². The van der Waals surface area contributed by atoms with Crippen molar-refractivity contribution in [2.45, 2.75) is 52.5 Å². The number of aryl methyl sites for hydroxylation is 1. The number of carbonyl (C=O) groups excluding carboxylic acids is 3. The van der Waals surface area contributed by atoms with Crippen LogP contribution < -0.4 is 10.6 Å². The van der Waals surface area contributed by atoms with Gasteiger partial charge in [0.2, 0.25) is 5.91 Å². The van der Waals surface area contributed by atoms with E-state index in [-0.39, 0.29) is 17.7 Å². The summed E-state index contributed by atoms with van der Waals surface area (Å²) in [4.78, 5) is 41.9. The lowest BCUT2D eigenvalue weighted by Gasteiger charge is -2.27. The highest BCUT2D eigenvalue weighted by atomic mass is 16.2. The van der Waals surface area contributed by atoms with E-state index in [1.807, 2.05) is 80.3 Å². The van der Waals surface area contributed by atoms with Crippen LogP contribution in [0, 0.1) is 19.8 Å². The summed E-state index contributed by atoms with van der Waals surface area (Å²) < 4.78 is 0. The molecule has 1 radical (unpaired) electrons. The lowest BCUT2D eigenvalue weighted by molar-refractivity contribution is -0.120. The van der Waals surface area contributed by atoms with Gasteiger partial charge in [-0.1, -0.05) is 75.4 Å². The molecule has 39 heavy (non-hydrogen) atoms. The fraction of sp³-hybridized carbons (Fsp3) is 0.333. The van der Waals surface area contributed by atoms with Gasteiger partial charge in [-0.2, -0.15) is 0 Å². The summed E-state index contributed by atoms with van der Waals surface area (Å²) in [6.45, 7) is 11.4. The summed E-state index contributed by atoms with van der Waals surface area (Å²) in [6, 6.07) is 23.7. The second-order valence-electron chi connectivity index (χ2n) is 9.84. The van der Waals surface area contributed by atoms with Gasteiger partial charge in [-0.15, -0.1) is 0 Å². The lowest BCUT2D eigenvalue weighted by atomic mass is 9.90. The molecular formula is C33H40N3O3. The molecule has 3 rings (SSSR count). The first-order valence-electron chi connectivity index (χ1n) is 13.8. The van der Waals surface area contributed by atoms with E-state index in [0.29, 0.717) is 37.1 Å². The Balaban J connectivity index is 1.85. The average molecular weight is 527 g/mol. The van der Waals surface area contributed by atoms with E-state index in [2.05, 4.69) is 17.6 Å². The SMILES string of the molecule is [CH2]C[C@@H](C(=O)Nc1ccccc1C)[C@@H](Cc1ccccc1)NC(=O)c1cccc(C(=O)N(CCC)CCC)c1. The van der Waals surface area contributed by atoms with Crippen LogP contribution in [0.2, 0.25) is 0 Å². The number of nitrogens with one attached hydrogen (secondary N) is 2. The Morgan fingerprint density at radius 2 is 1.49 bits per heavy atom. The average Bonchev–Trinajstić information content (AvgIpc) is 2.94. The Bertz CT molecular complexity index is 1240. The molecule has 0 saturated carbocycles. The second-order valence-corrected chi connectivity index (χ2v) is 9.84. The number of nitrogens with zero attached hydrogens (tertiary/aromatic N) is 1. The van der Waals surface area contributed by atoms with Crippen LogP contribution in [-0.2, 0) is 11.2 Å². The molecule has 0 bridgehead atoms. The maximum atomic E-state index is 13.5. The predicted molar refractivity (Wildman–Crippen MR) is 158 cm³/mol. The summed E-state index contributed by atoms with van der Waals surface area (Å²) in [5.41, 5.74) is 3.56. The van der Waals surface area contributed by atoms with E-state index in [1.165, 1.54) is 0 Å². The molecule has 0 unspecified atom stereocenters. The third-order valence-electron chi connectivity index (χ3n) is 6.80. The Kier molecular flexibility index (Phi) is 11.3. The van der Waals surface area contributed by atoms with Gasteiger partial charge in [-0.25, -0.2) is 0 Å². The molecule has 0 aromatic heterocycles. The number of para-hydroxylation sites is 1. The molecule has 6 heteroatoms. The summed E-state index contributed by atoms with van der Waals surface area (Å²) in [7, 11) is 0. The largest absolute Gasteiger partial charge is 0.348 e. The van der Waals surface area contributed by atoms with Gasteiger partial charge in [-0.3, -0.25) is 14.4 Å². The normalized spacial score (nSPS) is 12.3. The summed E-state index contributed by atoms with van der Waals surface area (Å²) in [5.74, 6) is -1.17. The van der Waals surface area contributed by atoms with Crippen LogP contribution in [0.1, 0.15) is 65.0 Å². The highest BCUT2D eigenvalue weighted by molar-refractivity contribution is 6.00. The molecule has 0 fully saturated rings. The molecule has 2 atom stereocenters. The van der Waals surface area contributed by atoms with Crippen LogP contribution in [-0.4, -0.2) is 41.8 Å². The topological polar surface area (TPSA) is 78.5 Å². The highest BCUT2D eigenvalue weighted by Gasteiger charge is 2.29. The van der Waals surface area contributed by atoms with Crippen LogP contribution in [0.5, 0.6) is 0 Å². The van der Waals surface area contributed by atoms with E-state index >= 15 is 0 Å². The third kappa shape index (κ3) is 8.28. The van der Waals surface area contributed by atoms with Gasteiger partial charge in [0.25, 0.3) is 11.8 Å². The maximum absolute atomic E-state index is 13.5. The minimum Gasteiger partial charge on any atom is -0.348 e. The molecule has 2 N–H and O–H groups in total. The zero-order valence-electron chi connectivity index (χ0n) is 23.3. The van der Waals surface area contributed by atoms with Crippen molar-refractivity contribution in [2.75, 3.05) is 18.4 Å². The zero-order valence-corrected chi connectivity index (χ0v) is 23.3. The number of rotatable bonds is 13. The first kappa shape index (κ1) is 29.6. The van der Waals surface area contributed by atoms with Crippen molar-refractivity contribution in [1.29, 1.82) is 0 Å². The van der Waals surface area contributed by atoms with Gasteiger partial charge in [0.05, 0.1) is 5.92 Å². The van der Waals surface area contributed by atoms with Crippen molar-refractivity contribution in [1.82, 2.24) is 10.2 Å². The molecule has 0 aliphatic rings. The van der Waals surface area contributed by atoms with E-state index in [4.69, 9.17) is 0 Å².